The zero-order valence-corrected chi connectivity index (χ0v) is 13.3. The second-order valence-corrected chi connectivity index (χ2v) is 5.81. The Hall–Kier alpha value is -0.840. The van der Waals surface area contributed by atoms with E-state index in [-0.39, 0.29) is 24.3 Å². The molecule has 1 saturated heterocycles. The van der Waals surface area contributed by atoms with Gasteiger partial charge in [-0.2, -0.15) is 0 Å². The normalized spacial score (nSPS) is 21.2. The van der Waals surface area contributed by atoms with Gasteiger partial charge < -0.3 is 10.1 Å². The number of methoxy groups -OCH3 is 1. The van der Waals surface area contributed by atoms with Gasteiger partial charge in [0.25, 0.3) is 0 Å². The van der Waals surface area contributed by atoms with Crippen LogP contribution in [0.15, 0.2) is 18.2 Å². The van der Waals surface area contributed by atoms with Crippen LogP contribution in [0, 0.1) is 11.7 Å². The third kappa shape index (κ3) is 3.50. The summed E-state index contributed by atoms with van der Waals surface area (Å²) >= 11 is 0. The molecule has 21 heavy (non-hydrogen) atoms. The summed E-state index contributed by atoms with van der Waals surface area (Å²) in [6.07, 6.45) is 3.73. The quantitative estimate of drug-likeness (QED) is 0.924. The molecule has 0 spiro atoms. The molecule has 3 rings (SSSR count). The van der Waals surface area contributed by atoms with Crippen LogP contribution in [-0.2, 0) is 0 Å². The lowest BCUT2D eigenvalue weighted by Crippen LogP contribution is -2.48. The molecule has 118 valence electrons. The predicted octanol–water partition coefficient (Wildman–Crippen LogP) is 3.00. The molecule has 0 amide bonds. The van der Waals surface area contributed by atoms with Crippen molar-refractivity contribution in [3.05, 3.63) is 29.6 Å². The summed E-state index contributed by atoms with van der Waals surface area (Å²) in [5, 5.41) is 3.37. The molecular weight excluding hydrogens is 291 g/mol. The van der Waals surface area contributed by atoms with Crippen molar-refractivity contribution in [2.75, 3.05) is 33.3 Å². The van der Waals surface area contributed by atoms with Gasteiger partial charge in [0.2, 0.25) is 0 Å². The molecule has 0 bridgehead atoms. The fourth-order valence-electron chi connectivity index (χ4n) is 3.34. The number of nitrogens with zero attached hydrogens (tertiary/aromatic N) is 1. The molecule has 1 heterocycles. The van der Waals surface area contributed by atoms with Crippen molar-refractivity contribution in [2.45, 2.75) is 25.3 Å². The van der Waals surface area contributed by atoms with Crippen molar-refractivity contribution in [1.82, 2.24) is 10.2 Å². The van der Waals surface area contributed by atoms with Gasteiger partial charge in [-0.1, -0.05) is 12.5 Å². The second kappa shape index (κ2) is 7.43. The number of halogens is 2. The van der Waals surface area contributed by atoms with E-state index in [9.17, 15) is 4.39 Å². The second-order valence-electron chi connectivity index (χ2n) is 5.81. The molecular formula is C16H24ClFN2O. The zero-order chi connectivity index (χ0) is 13.9. The Labute approximate surface area is 132 Å². The summed E-state index contributed by atoms with van der Waals surface area (Å²) in [7, 11) is 1.58. The summed E-state index contributed by atoms with van der Waals surface area (Å²) < 4.78 is 19.6. The largest absolute Gasteiger partial charge is 0.497 e. The fraction of sp³-hybridized carbons (Fsp3) is 0.625. The molecule has 1 N–H and O–H groups in total. The molecule has 1 aliphatic heterocycles. The minimum Gasteiger partial charge on any atom is -0.497 e. The van der Waals surface area contributed by atoms with Crippen molar-refractivity contribution in [3.8, 4) is 5.75 Å². The lowest BCUT2D eigenvalue weighted by molar-refractivity contribution is 0.0811. The van der Waals surface area contributed by atoms with Gasteiger partial charge in [0, 0.05) is 43.9 Å². The third-order valence-corrected chi connectivity index (χ3v) is 4.67. The maximum atomic E-state index is 14.4. The van der Waals surface area contributed by atoms with Gasteiger partial charge in [0.05, 0.1) is 7.11 Å². The van der Waals surface area contributed by atoms with Crippen LogP contribution in [0.4, 0.5) is 4.39 Å². The first-order chi connectivity index (χ1) is 9.79. The number of rotatable bonds is 4. The Morgan fingerprint density at radius 2 is 2.00 bits per heavy atom. The number of hydrogen-bond donors (Lipinski definition) is 1. The van der Waals surface area contributed by atoms with Crippen LogP contribution < -0.4 is 10.1 Å². The molecule has 2 fully saturated rings. The first-order valence-corrected chi connectivity index (χ1v) is 7.58. The average Bonchev–Trinajstić information content (AvgIpc) is 2.44. The van der Waals surface area contributed by atoms with E-state index in [2.05, 4.69) is 10.2 Å². The van der Waals surface area contributed by atoms with E-state index in [1.54, 1.807) is 7.11 Å². The van der Waals surface area contributed by atoms with Crippen LogP contribution in [0.2, 0.25) is 0 Å². The van der Waals surface area contributed by atoms with Gasteiger partial charge in [0.1, 0.15) is 11.6 Å². The molecule has 1 aliphatic carbocycles. The molecule has 5 heteroatoms. The Morgan fingerprint density at radius 3 is 2.52 bits per heavy atom. The maximum absolute atomic E-state index is 14.4. The van der Waals surface area contributed by atoms with Crippen molar-refractivity contribution in [2.24, 2.45) is 5.92 Å². The van der Waals surface area contributed by atoms with Crippen molar-refractivity contribution >= 4 is 12.4 Å². The number of benzene rings is 1. The Bertz CT molecular complexity index is 462. The third-order valence-electron chi connectivity index (χ3n) is 4.67. The van der Waals surface area contributed by atoms with E-state index in [0.717, 1.165) is 31.7 Å². The van der Waals surface area contributed by atoms with Crippen LogP contribution in [0.25, 0.3) is 0 Å². The van der Waals surface area contributed by atoms with Crippen molar-refractivity contribution in [3.63, 3.8) is 0 Å². The first kappa shape index (κ1) is 16.5. The molecule has 2 aliphatic rings. The van der Waals surface area contributed by atoms with Crippen LogP contribution in [-0.4, -0.2) is 38.2 Å². The zero-order valence-electron chi connectivity index (χ0n) is 12.5. The van der Waals surface area contributed by atoms with E-state index >= 15 is 0 Å². The van der Waals surface area contributed by atoms with E-state index in [0.29, 0.717) is 11.7 Å². The number of ether oxygens (including phenoxy) is 1. The van der Waals surface area contributed by atoms with E-state index in [1.807, 2.05) is 12.1 Å². The topological polar surface area (TPSA) is 24.5 Å². The summed E-state index contributed by atoms with van der Waals surface area (Å²) in [6, 6.07) is 5.55. The van der Waals surface area contributed by atoms with Crippen LogP contribution in [0.5, 0.6) is 5.75 Å². The highest BCUT2D eigenvalue weighted by molar-refractivity contribution is 5.85. The van der Waals surface area contributed by atoms with Crippen LogP contribution in [0.3, 0.4) is 0 Å². The Kier molecular flexibility index (Phi) is 5.85. The Morgan fingerprint density at radius 1 is 1.29 bits per heavy atom. The maximum Gasteiger partial charge on any atom is 0.131 e. The Balaban J connectivity index is 0.00000161. The highest BCUT2D eigenvalue weighted by Gasteiger charge is 2.35. The van der Waals surface area contributed by atoms with Crippen LogP contribution in [0.1, 0.15) is 30.9 Å². The molecule has 0 aromatic heterocycles. The SMILES string of the molecule is COc1ccc([C@H](C2CCC2)N2CCNCC2)c(F)c1.Cl. The first-order valence-electron chi connectivity index (χ1n) is 7.58. The molecule has 0 unspecified atom stereocenters. The molecule has 1 saturated carbocycles. The monoisotopic (exact) mass is 314 g/mol. The lowest BCUT2D eigenvalue weighted by atomic mass is 9.76. The fourth-order valence-corrected chi connectivity index (χ4v) is 3.34. The molecule has 1 aromatic rings. The number of piperazine rings is 1. The van der Waals surface area contributed by atoms with Crippen molar-refractivity contribution < 1.29 is 9.13 Å². The smallest absolute Gasteiger partial charge is 0.131 e. The number of nitrogens with one attached hydrogen (secondary N) is 1. The van der Waals surface area contributed by atoms with Gasteiger partial charge >= 0.3 is 0 Å². The van der Waals surface area contributed by atoms with Gasteiger partial charge in [-0.3, -0.25) is 4.90 Å². The number of hydrogen-bond acceptors (Lipinski definition) is 3. The average molecular weight is 315 g/mol. The van der Waals surface area contributed by atoms with Gasteiger partial charge in [-0.05, 0) is 24.8 Å². The minimum absolute atomic E-state index is 0. The highest BCUT2D eigenvalue weighted by atomic mass is 35.5. The van der Waals surface area contributed by atoms with Gasteiger partial charge in [0.15, 0.2) is 0 Å². The highest BCUT2D eigenvalue weighted by Crippen LogP contribution is 2.42. The predicted molar refractivity (Wildman–Crippen MR) is 84.7 cm³/mol. The van der Waals surface area contributed by atoms with Crippen LogP contribution >= 0.6 is 12.4 Å². The van der Waals surface area contributed by atoms with Gasteiger partial charge in [-0.25, -0.2) is 4.39 Å². The van der Waals surface area contributed by atoms with Gasteiger partial charge in [-0.15, -0.1) is 12.4 Å². The van der Waals surface area contributed by atoms with E-state index in [1.165, 1.54) is 25.3 Å². The molecule has 3 nitrogen and oxygen atoms in total. The molecule has 1 aromatic carbocycles. The summed E-state index contributed by atoms with van der Waals surface area (Å²) in [4.78, 5) is 2.45. The summed E-state index contributed by atoms with van der Waals surface area (Å²) in [5.41, 5.74) is 0.845. The van der Waals surface area contributed by atoms with Crippen molar-refractivity contribution in [1.29, 1.82) is 0 Å². The lowest BCUT2D eigenvalue weighted by Gasteiger charge is -2.43. The minimum atomic E-state index is -0.125. The summed E-state index contributed by atoms with van der Waals surface area (Å²) in [5.74, 6) is 1.08. The van der Waals surface area contributed by atoms with E-state index < -0.39 is 0 Å². The van der Waals surface area contributed by atoms with E-state index in [4.69, 9.17) is 4.74 Å². The summed E-state index contributed by atoms with van der Waals surface area (Å²) in [6.45, 7) is 4.02. The molecule has 0 radical (unpaired) electrons. The standard InChI is InChI=1S/C16H23FN2O.ClH/c1-20-13-5-6-14(15(17)11-13)16(12-3-2-4-12)19-9-7-18-8-10-19;/h5-6,11-12,16,18H,2-4,7-10H2,1H3;1H/t16-;/m0./s1. The molecule has 1 atom stereocenters.